The Morgan fingerprint density at radius 3 is 2.03 bits per heavy atom. The molecule has 0 aromatic heterocycles. The van der Waals surface area contributed by atoms with Crippen LogP contribution in [0.15, 0.2) is 23.1 Å². The SMILES string of the molecule is COc1ccc(NS(=O)(=O)c2c(F)c(F)c(F)c(F)c2F)cc1N(C)C(=O)CNC(C)=O. The lowest BCUT2D eigenvalue weighted by atomic mass is 10.2. The summed E-state index contributed by atoms with van der Waals surface area (Å²) < 4.78 is 99.5. The Morgan fingerprint density at radius 1 is 1.00 bits per heavy atom. The minimum absolute atomic E-state index is 0.0273. The largest absolute Gasteiger partial charge is 0.495 e. The lowest BCUT2D eigenvalue weighted by Crippen LogP contribution is -2.37. The van der Waals surface area contributed by atoms with Crippen LogP contribution in [0, 0.1) is 29.1 Å². The van der Waals surface area contributed by atoms with Gasteiger partial charge in [0.25, 0.3) is 10.0 Å². The topological polar surface area (TPSA) is 105 Å². The number of carbonyl (C=O) groups is 2. The van der Waals surface area contributed by atoms with Crippen LogP contribution in [0.25, 0.3) is 0 Å². The molecule has 2 aromatic rings. The van der Waals surface area contributed by atoms with Gasteiger partial charge in [-0.15, -0.1) is 0 Å². The second-order valence-corrected chi connectivity index (χ2v) is 7.87. The van der Waals surface area contributed by atoms with E-state index in [1.165, 1.54) is 27.1 Å². The van der Waals surface area contributed by atoms with E-state index in [0.29, 0.717) is 0 Å². The molecule has 0 heterocycles. The molecule has 14 heteroatoms. The highest BCUT2D eigenvalue weighted by Crippen LogP contribution is 2.33. The van der Waals surface area contributed by atoms with Gasteiger partial charge >= 0.3 is 0 Å². The molecule has 0 aliphatic carbocycles. The van der Waals surface area contributed by atoms with Crippen LogP contribution in [-0.4, -0.2) is 40.9 Å². The lowest BCUT2D eigenvalue weighted by Gasteiger charge is -2.21. The summed E-state index contributed by atoms with van der Waals surface area (Å²) in [6.45, 7) is 0.776. The first-order valence-electron chi connectivity index (χ1n) is 8.55. The van der Waals surface area contributed by atoms with E-state index in [0.717, 1.165) is 17.0 Å². The second kappa shape index (κ2) is 9.38. The molecule has 8 nitrogen and oxygen atoms in total. The number of methoxy groups -OCH3 is 1. The molecule has 0 radical (unpaired) electrons. The molecule has 32 heavy (non-hydrogen) atoms. The van der Waals surface area contributed by atoms with Crippen LogP contribution in [0.1, 0.15) is 6.92 Å². The summed E-state index contributed by atoms with van der Waals surface area (Å²) in [5.74, 6) is -13.5. The number of benzene rings is 2. The highest BCUT2D eigenvalue weighted by Gasteiger charge is 2.33. The van der Waals surface area contributed by atoms with Gasteiger partial charge in [0.15, 0.2) is 28.2 Å². The fourth-order valence-corrected chi connectivity index (χ4v) is 3.69. The number of amides is 2. The van der Waals surface area contributed by atoms with Crippen molar-refractivity contribution in [3.8, 4) is 5.75 Å². The van der Waals surface area contributed by atoms with E-state index in [4.69, 9.17) is 4.74 Å². The van der Waals surface area contributed by atoms with Crippen molar-refractivity contribution >= 4 is 33.2 Å². The van der Waals surface area contributed by atoms with Crippen LogP contribution in [0.5, 0.6) is 5.75 Å². The fourth-order valence-electron chi connectivity index (χ4n) is 2.50. The summed E-state index contributed by atoms with van der Waals surface area (Å²) in [5, 5.41) is 2.27. The van der Waals surface area contributed by atoms with E-state index in [2.05, 4.69) is 5.32 Å². The van der Waals surface area contributed by atoms with Crippen molar-refractivity contribution < 1.29 is 44.7 Å². The number of nitrogens with zero attached hydrogens (tertiary/aromatic N) is 1. The third-order valence-electron chi connectivity index (χ3n) is 4.09. The van der Waals surface area contributed by atoms with E-state index in [1.807, 2.05) is 0 Å². The highest BCUT2D eigenvalue weighted by molar-refractivity contribution is 7.92. The first-order chi connectivity index (χ1) is 14.8. The minimum atomic E-state index is -5.29. The van der Waals surface area contributed by atoms with Crippen molar-refractivity contribution in [1.29, 1.82) is 0 Å². The van der Waals surface area contributed by atoms with Gasteiger partial charge in [0.2, 0.25) is 17.6 Å². The van der Waals surface area contributed by atoms with Crippen molar-refractivity contribution in [2.24, 2.45) is 0 Å². The zero-order valence-corrected chi connectivity index (χ0v) is 17.5. The number of anilines is 2. The van der Waals surface area contributed by atoms with E-state index in [-0.39, 0.29) is 17.1 Å². The number of nitrogens with one attached hydrogen (secondary N) is 2. The van der Waals surface area contributed by atoms with Gasteiger partial charge in [-0.25, -0.2) is 30.4 Å². The predicted octanol–water partition coefficient (Wildman–Crippen LogP) is 2.29. The lowest BCUT2D eigenvalue weighted by molar-refractivity contribution is -0.123. The molecule has 2 N–H and O–H groups in total. The molecule has 2 rings (SSSR count). The molecule has 0 spiro atoms. The summed E-state index contributed by atoms with van der Waals surface area (Å²) >= 11 is 0. The molecule has 2 aromatic carbocycles. The standard InChI is InChI=1S/C18H16F5N3O5S/c1-8(27)24-7-12(28)26(2)10-6-9(4-5-11(10)31-3)25-32(29,30)18-16(22)14(20)13(19)15(21)17(18)23/h4-6,25H,7H2,1-3H3,(H,24,27). The Hall–Kier alpha value is -3.42. The Balaban J connectivity index is 2.47. The third-order valence-corrected chi connectivity index (χ3v) is 5.49. The number of hydrogen-bond donors (Lipinski definition) is 2. The maximum absolute atomic E-state index is 13.9. The van der Waals surface area contributed by atoms with Gasteiger partial charge in [-0.3, -0.25) is 14.3 Å². The number of ether oxygens (including phenoxy) is 1. The Morgan fingerprint density at radius 2 is 1.53 bits per heavy atom. The minimum Gasteiger partial charge on any atom is -0.495 e. The van der Waals surface area contributed by atoms with Crippen LogP contribution >= 0.6 is 0 Å². The van der Waals surface area contributed by atoms with E-state index < -0.39 is 62.4 Å². The molecule has 0 unspecified atom stereocenters. The zero-order valence-electron chi connectivity index (χ0n) is 16.7. The van der Waals surface area contributed by atoms with Crippen LogP contribution in [0.2, 0.25) is 0 Å². The van der Waals surface area contributed by atoms with Crippen molar-refractivity contribution in [1.82, 2.24) is 5.32 Å². The maximum Gasteiger partial charge on any atom is 0.267 e. The van der Waals surface area contributed by atoms with Gasteiger partial charge in [0.05, 0.1) is 25.0 Å². The monoisotopic (exact) mass is 481 g/mol. The van der Waals surface area contributed by atoms with Gasteiger partial charge in [0, 0.05) is 14.0 Å². The van der Waals surface area contributed by atoms with Crippen LogP contribution in [0.3, 0.4) is 0 Å². The second-order valence-electron chi connectivity index (χ2n) is 6.25. The highest BCUT2D eigenvalue weighted by atomic mass is 32.2. The molecule has 174 valence electrons. The van der Waals surface area contributed by atoms with Crippen LogP contribution in [-0.2, 0) is 19.6 Å². The molecule has 0 saturated carbocycles. The maximum atomic E-state index is 13.9. The number of halogens is 5. The molecule has 2 amide bonds. The fraction of sp³-hybridized carbons (Fsp3) is 0.222. The van der Waals surface area contributed by atoms with E-state index >= 15 is 0 Å². The molecular weight excluding hydrogens is 465 g/mol. The van der Waals surface area contributed by atoms with Gasteiger partial charge in [-0.2, -0.15) is 0 Å². The van der Waals surface area contributed by atoms with Crippen molar-refractivity contribution in [3.05, 3.63) is 47.3 Å². The Bertz CT molecular complexity index is 1160. The third kappa shape index (κ3) is 4.90. The van der Waals surface area contributed by atoms with Gasteiger partial charge < -0.3 is 15.0 Å². The number of rotatable bonds is 7. The van der Waals surface area contributed by atoms with Crippen LogP contribution in [0.4, 0.5) is 33.3 Å². The van der Waals surface area contributed by atoms with E-state index in [1.54, 1.807) is 4.72 Å². The summed E-state index contributed by atoms with van der Waals surface area (Å²) in [6, 6.07) is 3.28. The number of carbonyl (C=O) groups excluding carboxylic acids is 2. The number of hydrogen-bond acceptors (Lipinski definition) is 5. The average Bonchev–Trinajstić information content (AvgIpc) is 2.73. The van der Waals surface area contributed by atoms with Crippen molar-refractivity contribution in [2.45, 2.75) is 11.8 Å². The summed E-state index contributed by atoms with van der Waals surface area (Å²) in [6.07, 6.45) is 0. The quantitative estimate of drug-likeness (QED) is 0.359. The van der Waals surface area contributed by atoms with Crippen molar-refractivity contribution in [2.75, 3.05) is 30.3 Å². The molecule has 0 atom stereocenters. The number of likely N-dealkylation sites (N-methyl/N-ethyl adjacent to an activating group) is 1. The summed E-state index contributed by atoms with van der Waals surface area (Å²) in [5.41, 5.74) is -0.413. The average molecular weight is 481 g/mol. The molecule has 0 fully saturated rings. The Labute approximate surface area is 179 Å². The van der Waals surface area contributed by atoms with Gasteiger partial charge in [-0.05, 0) is 18.2 Å². The molecule has 0 bridgehead atoms. The summed E-state index contributed by atoms with van der Waals surface area (Å²) in [7, 11) is -2.78. The van der Waals surface area contributed by atoms with Crippen LogP contribution < -0.4 is 19.7 Å². The van der Waals surface area contributed by atoms with Crippen molar-refractivity contribution in [3.63, 3.8) is 0 Å². The van der Waals surface area contributed by atoms with Gasteiger partial charge in [0.1, 0.15) is 5.75 Å². The number of sulfonamides is 1. The first-order valence-corrected chi connectivity index (χ1v) is 10.0. The van der Waals surface area contributed by atoms with Gasteiger partial charge in [-0.1, -0.05) is 0 Å². The summed E-state index contributed by atoms with van der Waals surface area (Å²) in [4.78, 5) is 22.1. The predicted molar refractivity (Wildman–Crippen MR) is 102 cm³/mol. The Kier molecular flexibility index (Phi) is 7.28. The molecular formula is C18H16F5N3O5S. The molecule has 0 aliphatic rings. The molecule has 0 saturated heterocycles. The molecule has 0 aliphatic heterocycles. The zero-order chi connectivity index (χ0) is 24.4. The normalized spacial score (nSPS) is 11.1. The first kappa shape index (κ1) is 24.8. The smallest absolute Gasteiger partial charge is 0.267 e. The van der Waals surface area contributed by atoms with E-state index in [9.17, 15) is 40.0 Å².